The number of carbonyl (C=O) groups is 1. The number of aryl methyl sites for hydroxylation is 1. The Balaban J connectivity index is 2.16. The second-order valence-electron chi connectivity index (χ2n) is 6.19. The first kappa shape index (κ1) is 20.7. The zero-order valence-corrected chi connectivity index (χ0v) is 18.0. The Morgan fingerprint density at radius 3 is 2.19 bits per heavy atom. The topological polar surface area (TPSA) is 66.5 Å². The number of rotatable bonds is 7. The summed E-state index contributed by atoms with van der Waals surface area (Å²) in [5.41, 5.74) is 2.63. The maximum absolute atomic E-state index is 12.5. The fourth-order valence-electron chi connectivity index (χ4n) is 2.60. The van der Waals surface area contributed by atoms with E-state index in [0.717, 1.165) is 31.7 Å². The number of nitrogens with zero attached hydrogens (tertiary/aromatic N) is 1. The predicted molar refractivity (Wildman–Crippen MR) is 114 cm³/mol. The van der Waals surface area contributed by atoms with E-state index in [1.807, 2.05) is 50.2 Å². The molecule has 0 bridgehead atoms. The van der Waals surface area contributed by atoms with Crippen LogP contribution < -0.4 is 9.62 Å². The van der Waals surface area contributed by atoms with E-state index in [-0.39, 0.29) is 18.5 Å². The number of halogens is 1. The molecule has 0 radical (unpaired) electrons. The summed E-state index contributed by atoms with van der Waals surface area (Å²) in [4.78, 5) is 12.5. The van der Waals surface area contributed by atoms with Crippen LogP contribution >= 0.6 is 22.6 Å². The van der Waals surface area contributed by atoms with Gasteiger partial charge < -0.3 is 5.32 Å². The standard InChI is InChI=1S/C19H23IN2O3S/c1-4-18(15-7-5-14(2)6-8-15)21-19(23)13-22(26(3,24)25)17-11-9-16(20)10-12-17/h5-12,18H,4,13H2,1-3H3,(H,21,23)/t18-/m1/s1. The first-order chi connectivity index (χ1) is 12.2. The van der Waals surface area contributed by atoms with Gasteiger partial charge in [-0.3, -0.25) is 9.10 Å². The van der Waals surface area contributed by atoms with Gasteiger partial charge in [-0.2, -0.15) is 0 Å². The minimum atomic E-state index is -3.57. The van der Waals surface area contributed by atoms with E-state index in [4.69, 9.17) is 0 Å². The van der Waals surface area contributed by atoms with E-state index in [2.05, 4.69) is 27.9 Å². The summed E-state index contributed by atoms with van der Waals surface area (Å²) in [6, 6.07) is 14.8. The molecule has 140 valence electrons. The number of hydrogen-bond donors (Lipinski definition) is 1. The van der Waals surface area contributed by atoms with Gasteiger partial charge in [-0.1, -0.05) is 36.8 Å². The van der Waals surface area contributed by atoms with Crippen LogP contribution in [0.5, 0.6) is 0 Å². The number of amides is 1. The van der Waals surface area contributed by atoms with Crippen molar-refractivity contribution < 1.29 is 13.2 Å². The Kier molecular flexibility index (Phi) is 7.05. The van der Waals surface area contributed by atoms with Crippen LogP contribution in [0.2, 0.25) is 0 Å². The average Bonchev–Trinajstić information content (AvgIpc) is 2.58. The monoisotopic (exact) mass is 486 g/mol. The van der Waals surface area contributed by atoms with Gasteiger partial charge in [0, 0.05) is 3.57 Å². The number of hydrogen-bond acceptors (Lipinski definition) is 3. The maximum atomic E-state index is 12.5. The van der Waals surface area contributed by atoms with Crippen LogP contribution in [0.1, 0.15) is 30.5 Å². The molecule has 2 rings (SSSR count). The second kappa shape index (κ2) is 8.85. The summed E-state index contributed by atoms with van der Waals surface area (Å²) >= 11 is 2.15. The molecule has 0 unspecified atom stereocenters. The molecule has 0 fully saturated rings. The minimum Gasteiger partial charge on any atom is -0.348 e. The summed E-state index contributed by atoms with van der Waals surface area (Å²) in [5, 5.41) is 2.94. The van der Waals surface area contributed by atoms with Crippen molar-refractivity contribution in [2.24, 2.45) is 0 Å². The first-order valence-electron chi connectivity index (χ1n) is 8.30. The third-order valence-corrected chi connectivity index (χ3v) is 5.89. The molecule has 7 heteroatoms. The van der Waals surface area contributed by atoms with Crippen LogP contribution in [-0.4, -0.2) is 27.1 Å². The van der Waals surface area contributed by atoms with Gasteiger partial charge in [0.1, 0.15) is 6.54 Å². The number of benzene rings is 2. The largest absolute Gasteiger partial charge is 0.348 e. The predicted octanol–water partition coefficient (Wildman–Crippen LogP) is 3.63. The Morgan fingerprint density at radius 1 is 1.12 bits per heavy atom. The normalized spacial score (nSPS) is 12.5. The fourth-order valence-corrected chi connectivity index (χ4v) is 3.81. The van der Waals surface area contributed by atoms with Crippen molar-refractivity contribution in [2.75, 3.05) is 17.1 Å². The summed E-state index contributed by atoms with van der Waals surface area (Å²) in [6.07, 6.45) is 1.83. The molecule has 1 atom stereocenters. The molecule has 0 aliphatic heterocycles. The SMILES string of the molecule is CC[C@@H](NC(=O)CN(c1ccc(I)cc1)S(C)(=O)=O)c1ccc(C)cc1. The molecule has 0 aliphatic rings. The Morgan fingerprint density at radius 2 is 1.69 bits per heavy atom. The van der Waals surface area contributed by atoms with Crippen LogP contribution in [0.3, 0.4) is 0 Å². The van der Waals surface area contributed by atoms with Crippen molar-refractivity contribution in [1.82, 2.24) is 5.32 Å². The Labute approximate surface area is 169 Å². The summed E-state index contributed by atoms with van der Waals surface area (Å²) < 4.78 is 26.4. The molecule has 0 aliphatic carbocycles. The molecule has 2 aromatic rings. The van der Waals surface area contributed by atoms with Crippen molar-refractivity contribution in [3.05, 3.63) is 63.2 Å². The van der Waals surface area contributed by atoms with Gasteiger partial charge in [-0.15, -0.1) is 0 Å². The molecule has 26 heavy (non-hydrogen) atoms. The van der Waals surface area contributed by atoms with Crippen LogP contribution in [-0.2, 0) is 14.8 Å². The van der Waals surface area contributed by atoms with E-state index in [0.29, 0.717) is 5.69 Å². The van der Waals surface area contributed by atoms with Crippen molar-refractivity contribution in [3.63, 3.8) is 0 Å². The molecule has 0 spiro atoms. The molecular weight excluding hydrogens is 463 g/mol. The van der Waals surface area contributed by atoms with Crippen molar-refractivity contribution >= 4 is 44.2 Å². The average molecular weight is 486 g/mol. The molecule has 0 saturated heterocycles. The number of sulfonamides is 1. The lowest BCUT2D eigenvalue weighted by atomic mass is 10.0. The van der Waals surface area contributed by atoms with Gasteiger partial charge >= 0.3 is 0 Å². The van der Waals surface area contributed by atoms with Crippen molar-refractivity contribution in [2.45, 2.75) is 26.3 Å². The molecule has 0 heterocycles. The van der Waals surface area contributed by atoms with Gasteiger partial charge in [0.15, 0.2) is 0 Å². The molecular formula is C19H23IN2O3S. The van der Waals surface area contributed by atoms with E-state index in [1.165, 1.54) is 0 Å². The lowest BCUT2D eigenvalue weighted by Gasteiger charge is -2.24. The summed E-state index contributed by atoms with van der Waals surface area (Å²) in [5.74, 6) is -0.332. The quantitative estimate of drug-likeness (QED) is 0.608. The highest BCUT2D eigenvalue weighted by atomic mass is 127. The second-order valence-corrected chi connectivity index (χ2v) is 9.34. The molecule has 0 saturated carbocycles. The van der Waals surface area contributed by atoms with Crippen LogP contribution in [0.15, 0.2) is 48.5 Å². The summed E-state index contributed by atoms with van der Waals surface area (Å²) in [7, 11) is -3.57. The fraction of sp³-hybridized carbons (Fsp3) is 0.316. The van der Waals surface area contributed by atoms with Crippen LogP contribution in [0.25, 0.3) is 0 Å². The molecule has 0 aromatic heterocycles. The molecule has 5 nitrogen and oxygen atoms in total. The van der Waals surface area contributed by atoms with Crippen LogP contribution in [0.4, 0.5) is 5.69 Å². The van der Waals surface area contributed by atoms with Gasteiger partial charge in [-0.05, 0) is 65.8 Å². The number of anilines is 1. The van der Waals surface area contributed by atoms with E-state index in [1.54, 1.807) is 12.1 Å². The molecule has 1 N–H and O–H groups in total. The Bertz CT molecular complexity index is 849. The van der Waals surface area contributed by atoms with Gasteiger partial charge in [0.2, 0.25) is 15.9 Å². The number of nitrogens with one attached hydrogen (secondary N) is 1. The lowest BCUT2D eigenvalue weighted by molar-refractivity contribution is -0.120. The highest BCUT2D eigenvalue weighted by Gasteiger charge is 2.22. The van der Waals surface area contributed by atoms with E-state index in [9.17, 15) is 13.2 Å². The van der Waals surface area contributed by atoms with Crippen molar-refractivity contribution in [1.29, 1.82) is 0 Å². The first-order valence-corrected chi connectivity index (χ1v) is 11.2. The van der Waals surface area contributed by atoms with E-state index >= 15 is 0 Å². The third-order valence-electron chi connectivity index (χ3n) is 4.03. The number of carbonyl (C=O) groups excluding carboxylic acids is 1. The zero-order valence-electron chi connectivity index (χ0n) is 15.1. The molecule has 2 aromatic carbocycles. The highest BCUT2D eigenvalue weighted by Crippen LogP contribution is 2.20. The minimum absolute atomic E-state index is 0.152. The maximum Gasteiger partial charge on any atom is 0.241 e. The Hall–Kier alpha value is -1.61. The third kappa shape index (κ3) is 5.70. The summed E-state index contributed by atoms with van der Waals surface area (Å²) in [6.45, 7) is 3.74. The van der Waals surface area contributed by atoms with Gasteiger partial charge in [0.25, 0.3) is 0 Å². The van der Waals surface area contributed by atoms with Crippen LogP contribution in [0, 0.1) is 10.5 Å². The van der Waals surface area contributed by atoms with Gasteiger partial charge in [-0.25, -0.2) is 8.42 Å². The lowest BCUT2D eigenvalue weighted by Crippen LogP contribution is -2.41. The van der Waals surface area contributed by atoms with E-state index < -0.39 is 10.0 Å². The molecule has 1 amide bonds. The highest BCUT2D eigenvalue weighted by molar-refractivity contribution is 14.1. The van der Waals surface area contributed by atoms with Gasteiger partial charge in [0.05, 0.1) is 18.0 Å². The smallest absolute Gasteiger partial charge is 0.241 e. The van der Waals surface area contributed by atoms with Crippen molar-refractivity contribution in [3.8, 4) is 0 Å². The zero-order chi connectivity index (χ0) is 19.3.